The first-order chi connectivity index (χ1) is 23.7. The summed E-state index contributed by atoms with van der Waals surface area (Å²) in [6.45, 7) is 17.8. The maximum absolute atomic E-state index is 6.83. The molecule has 0 atom stereocenters. The van der Waals surface area contributed by atoms with E-state index in [-0.39, 0.29) is 10.8 Å². The maximum atomic E-state index is 6.83. The molecular weight excluding hydrogens is 613 g/mol. The van der Waals surface area contributed by atoms with Crippen molar-refractivity contribution in [1.29, 1.82) is 0 Å². The minimum atomic E-state index is -0.900. The van der Waals surface area contributed by atoms with Gasteiger partial charge in [-0.1, -0.05) is 96.1 Å². The molecule has 0 aliphatic carbocycles. The Morgan fingerprint density at radius 1 is 0.520 bits per heavy atom. The van der Waals surface area contributed by atoms with Crippen LogP contribution in [0.2, 0.25) is 0 Å². The lowest BCUT2D eigenvalue weighted by molar-refractivity contribution is 0.109. The van der Waals surface area contributed by atoms with E-state index in [2.05, 4.69) is 165 Å². The highest BCUT2D eigenvalue weighted by Crippen LogP contribution is 2.56. The molecule has 0 saturated heterocycles. The molecule has 0 amide bonds. The lowest BCUT2D eigenvalue weighted by atomic mass is 9.65. The third-order valence-corrected chi connectivity index (χ3v) is 10.3. The van der Waals surface area contributed by atoms with Crippen molar-refractivity contribution < 1.29 is 9.47 Å². The third-order valence-electron chi connectivity index (χ3n) is 10.3. The quantitative estimate of drug-likeness (QED) is 0.163. The van der Waals surface area contributed by atoms with Crippen LogP contribution in [0.5, 0.6) is 17.2 Å². The summed E-state index contributed by atoms with van der Waals surface area (Å²) in [4.78, 5) is 11.2. The van der Waals surface area contributed by atoms with E-state index < -0.39 is 11.0 Å². The Kier molecular flexibility index (Phi) is 7.14. The fraction of sp³-hybridized carbons (Fsp3) is 0.261. The normalized spacial score (nSPS) is 15.4. The van der Waals surface area contributed by atoms with Gasteiger partial charge in [0.05, 0.1) is 22.8 Å². The van der Waals surface area contributed by atoms with Gasteiger partial charge in [0.2, 0.25) is 0 Å². The summed E-state index contributed by atoms with van der Waals surface area (Å²) in [6, 6.07) is 43.0. The van der Waals surface area contributed by atoms with Crippen LogP contribution in [0, 0.1) is 0 Å². The topological polar surface area (TPSA) is 44.2 Å². The molecule has 8 bridgehead atoms. The Balaban J connectivity index is 1.56. The van der Waals surface area contributed by atoms with E-state index in [0.29, 0.717) is 0 Å². The Hall–Kier alpha value is -5.22. The van der Waals surface area contributed by atoms with E-state index in [1.54, 1.807) is 0 Å². The van der Waals surface area contributed by atoms with Crippen LogP contribution >= 0.6 is 0 Å². The summed E-state index contributed by atoms with van der Waals surface area (Å²) in [5.74, 6) is 2.41. The SMILES string of the molecule is CC(C)(C)c1ccc2c(c1)C1(c3cccc(n3)-c3cccc(c3)OC(C)(C)c3cccc(c3)-c3cccc1n3)c1cc(C(C)(C)C)ccc1O2. The summed E-state index contributed by atoms with van der Waals surface area (Å²) in [5.41, 5.74) is 9.46. The molecule has 50 heavy (non-hydrogen) atoms. The number of aromatic nitrogens is 2. The fourth-order valence-electron chi connectivity index (χ4n) is 7.44. The molecule has 2 aromatic heterocycles. The number of hydrogen-bond acceptors (Lipinski definition) is 4. The average Bonchev–Trinajstić information content (AvgIpc) is 3.09. The van der Waals surface area contributed by atoms with Gasteiger partial charge < -0.3 is 9.47 Å². The molecule has 8 rings (SSSR count). The number of ether oxygens (including phenoxy) is 2. The molecule has 250 valence electrons. The van der Waals surface area contributed by atoms with Crippen LogP contribution < -0.4 is 9.47 Å². The number of fused-ring (bicyclic) bond motifs is 16. The zero-order valence-corrected chi connectivity index (χ0v) is 30.3. The van der Waals surface area contributed by atoms with Gasteiger partial charge in [-0.05, 0) is 108 Å². The minimum absolute atomic E-state index is 0.0954. The first-order valence-electron chi connectivity index (χ1n) is 17.6. The molecule has 0 unspecified atom stereocenters. The summed E-state index contributed by atoms with van der Waals surface area (Å²) < 4.78 is 13.5. The standard InChI is InChI=1S/C46H44N2O2/c1-43(2,3)31-21-23-39-35(27-31)46(36-28-32(44(4,5)6)22-24-40(36)49-39)41-19-11-17-37(47-41)29-13-9-15-33(25-29)45(7,8)50-34-16-10-14-30(26-34)38-18-12-20-42(46)48-38/h9-28H,1-8H3. The highest BCUT2D eigenvalue weighted by atomic mass is 16.5. The predicted molar refractivity (Wildman–Crippen MR) is 202 cm³/mol. The zero-order valence-electron chi connectivity index (χ0n) is 30.3. The van der Waals surface area contributed by atoms with E-state index in [1.807, 2.05) is 12.1 Å². The van der Waals surface area contributed by atoms with Crippen LogP contribution in [-0.4, -0.2) is 9.97 Å². The largest absolute Gasteiger partial charge is 0.483 e. The highest BCUT2D eigenvalue weighted by molar-refractivity contribution is 5.71. The van der Waals surface area contributed by atoms with E-state index in [4.69, 9.17) is 19.4 Å². The van der Waals surface area contributed by atoms with Gasteiger partial charge in [-0.3, -0.25) is 9.97 Å². The van der Waals surface area contributed by atoms with E-state index >= 15 is 0 Å². The molecule has 4 heteroatoms. The molecule has 0 radical (unpaired) electrons. The molecule has 4 nitrogen and oxygen atoms in total. The number of benzene rings is 4. The van der Waals surface area contributed by atoms with Gasteiger partial charge >= 0.3 is 0 Å². The number of nitrogens with zero attached hydrogens (tertiary/aromatic N) is 2. The summed E-state index contributed by atoms with van der Waals surface area (Å²) in [6.07, 6.45) is 0. The van der Waals surface area contributed by atoms with E-state index in [0.717, 1.165) is 67.8 Å². The van der Waals surface area contributed by atoms with Crippen LogP contribution in [0.3, 0.4) is 0 Å². The van der Waals surface area contributed by atoms with Gasteiger partial charge in [-0.15, -0.1) is 0 Å². The Bertz CT molecular complexity index is 2220. The van der Waals surface area contributed by atoms with Crippen molar-refractivity contribution in [2.24, 2.45) is 0 Å². The smallest absolute Gasteiger partial charge is 0.132 e. The van der Waals surface area contributed by atoms with Gasteiger partial charge in [0.25, 0.3) is 0 Å². The van der Waals surface area contributed by atoms with Gasteiger partial charge in [-0.2, -0.15) is 0 Å². The van der Waals surface area contributed by atoms with Crippen LogP contribution in [0.15, 0.2) is 121 Å². The van der Waals surface area contributed by atoms with E-state index in [1.165, 1.54) is 11.1 Å². The Morgan fingerprint density at radius 2 is 1.02 bits per heavy atom. The van der Waals surface area contributed by atoms with Gasteiger partial charge in [0.1, 0.15) is 28.3 Å². The number of hydrogen-bond donors (Lipinski definition) is 0. The van der Waals surface area contributed by atoms with Crippen LogP contribution in [0.25, 0.3) is 22.5 Å². The third kappa shape index (κ3) is 5.20. The first-order valence-corrected chi connectivity index (χ1v) is 17.6. The number of pyridine rings is 2. The van der Waals surface area contributed by atoms with Crippen LogP contribution in [-0.2, 0) is 21.8 Å². The molecule has 4 heterocycles. The average molecular weight is 657 g/mol. The molecule has 0 fully saturated rings. The molecule has 6 aromatic rings. The predicted octanol–water partition coefficient (Wildman–Crippen LogP) is 11.5. The molecule has 1 spiro atoms. The minimum Gasteiger partial charge on any atom is -0.483 e. The second-order valence-corrected chi connectivity index (χ2v) is 16.3. The highest BCUT2D eigenvalue weighted by Gasteiger charge is 2.49. The molecule has 2 aliphatic heterocycles. The van der Waals surface area contributed by atoms with Gasteiger partial charge in [0, 0.05) is 22.3 Å². The maximum Gasteiger partial charge on any atom is 0.132 e. The number of rotatable bonds is 0. The van der Waals surface area contributed by atoms with Crippen molar-refractivity contribution in [1.82, 2.24) is 9.97 Å². The monoisotopic (exact) mass is 656 g/mol. The summed E-state index contributed by atoms with van der Waals surface area (Å²) in [7, 11) is 0. The van der Waals surface area contributed by atoms with Crippen molar-refractivity contribution in [3.05, 3.63) is 161 Å². The van der Waals surface area contributed by atoms with Crippen molar-refractivity contribution in [3.63, 3.8) is 0 Å². The first kappa shape index (κ1) is 32.0. The molecule has 4 aromatic carbocycles. The summed E-state index contributed by atoms with van der Waals surface area (Å²) >= 11 is 0. The second kappa shape index (κ2) is 11.1. The van der Waals surface area contributed by atoms with Crippen molar-refractivity contribution >= 4 is 0 Å². The van der Waals surface area contributed by atoms with E-state index in [9.17, 15) is 0 Å². The molecule has 2 aliphatic rings. The fourth-order valence-corrected chi connectivity index (χ4v) is 7.44. The molecular formula is C46H44N2O2. The van der Waals surface area contributed by atoms with Crippen molar-refractivity contribution in [3.8, 4) is 39.8 Å². The van der Waals surface area contributed by atoms with Gasteiger partial charge in [0.15, 0.2) is 0 Å². The van der Waals surface area contributed by atoms with Crippen LogP contribution in [0.1, 0.15) is 94.6 Å². The lowest BCUT2D eigenvalue weighted by Crippen LogP contribution is -2.37. The Morgan fingerprint density at radius 3 is 1.56 bits per heavy atom. The van der Waals surface area contributed by atoms with Crippen molar-refractivity contribution in [2.75, 3.05) is 0 Å². The van der Waals surface area contributed by atoms with Crippen LogP contribution in [0.4, 0.5) is 0 Å². The molecule has 0 N–H and O–H groups in total. The lowest BCUT2D eigenvalue weighted by Gasteiger charge is -2.41. The van der Waals surface area contributed by atoms with Crippen molar-refractivity contribution in [2.45, 2.75) is 77.2 Å². The zero-order chi connectivity index (χ0) is 35.1. The Labute approximate surface area is 296 Å². The molecule has 0 saturated carbocycles. The summed E-state index contributed by atoms with van der Waals surface area (Å²) in [5, 5.41) is 0. The second-order valence-electron chi connectivity index (χ2n) is 16.3. The van der Waals surface area contributed by atoms with Gasteiger partial charge in [-0.25, -0.2) is 0 Å².